The van der Waals surface area contributed by atoms with Crippen molar-refractivity contribution in [1.82, 2.24) is 0 Å². The smallest absolute Gasteiger partial charge is 0.110 e. The van der Waals surface area contributed by atoms with Gasteiger partial charge in [-0.05, 0) is 122 Å². The monoisotopic (exact) mass is 535 g/mol. The van der Waals surface area contributed by atoms with Crippen molar-refractivity contribution in [2.45, 2.75) is 96.9 Å². The average molecular weight is 536 g/mol. The Morgan fingerprint density at radius 1 is 1.13 bits per heavy atom. The minimum absolute atomic E-state index is 0.00448. The average Bonchev–Trinajstić information content (AvgIpc) is 3.46. The van der Waals surface area contributed by atoms with Gasteiger partial charge in [0, 0.05) is 24.8 Å². The van der Waals surface area contributed by atoms with E-state index in [9.17, 15) is 15.3 Å². The van der Waals surface area contributed by atoms with Crippen LogP contribution in [-0.4, -0.2) is 46.8 Å². The van der Waals surface area contributed by atoms with Gasteiger partial charge in [0.1, 0.15) is 11.7 Å². The Hall–Kier alpha value is -1.56. The number of nitrogens with one attached hydrogen (secondary N) is 1. The number of aryl methyl sites for hydroxylation is 1. The van der Waals surface area contributed by atoms with Crippen LogP contribution in [0, 0.1) is 51.8 Å². The molecule has 7 rings (SSSR count). The molecule has 0 heterocycles. The zero-order chi connectivity index (χ0) is 27.5. The molecule has 12 atom stereocenters. The van der Waals surface area contributed by atoms with Crippen molar-refractivity contribution < 1.29 is 20.1 Å². The highest BCUT2D eigenvalue weighted by atomic mass is 16.5. The van der Waals surface area contributed by atoms with Gasteiger partial charge in [-0.1, -0.05) is 32.9 Å². The van der Waals surface area contributed by atoms with Gasteiger partial charge in [0.15, 0.2) is 0 Å². The Morgan fingerprint density at radius 2 is 1.92 bits per heavy atom. The molecule has 5 fully saturated rings. The number of ether oxygens (including phenoxy) is 1. The van der Waals surface area contributed by atoms with Gasteiger partial charge in [0.05, 0.1) is 17.8 Å². The molecule has 6 bridgehead atoms. The molecule has 0 aliphatic heterocycles. The Kier molecular flexibility index (Phi) is 5.73. The number of methoxy groups -OCH3 is 1. The van der Waals surface area contributed by atoms with E-state index in [2.05, 4.69) is 44.3 Å². The molecule has 0 saturated heterocycles. The Balaban J connectivity index is 1.23. The lowest BCUT2D eigenvalue weighted by Crippen LogP contribution is -2.60. The molecule has 5 heteroatoms. The van der Waals surface area contributed by atoms with Gasteiger partial charge in [-0.15, -0.1) is 0 Å². The SMILES string of the molecule is CCc1ccc(C[C@@H]2C[C@]34C[C@H]2CC[C@@H]3C[C@H]2C[C@]3(C)[C@@]5(O)[C@@H](OC)C=C(O)[C@H]5[C@H]2[C@]43C)cc1NC[C@H](C)O. The van der Waals surface area contributed by atoms with Gasteiger partial charge >= 0.3 is 0 Å². The lowest BCUT2D eigenvalue weighted by Gasteiger charge is -2.61. The maximum Gasteiger partial charge on any atom is 0.110 e. The molecule has 0 unspecified atom stereocenters. The van der Waals surface area contributed by atoms with Crippen molar-refractivity contribution in [3.05, 3.63) is 41.2 Å². The molecular formula is C34H49NO4. The molecule has 214 valence electrons. The number of rotatable bonds is 7. The molecular weight excluding hydrogens is 486 g/mol. The van der Waals surface area contributed by atoms with Gasteiger partial charge in [-0.25, -0.2) is 0 Å². The van der Waals surface area contributed by atoms with E-state index in [-0.39, 0.29) is 28.3 Å². The zero-order valence-electron chi connectivity index (χ0n) is 24.5. The van der Waals surface area contributed by atoms with Crippen molar-refractivity contribution in [3.63, 3.8) is 0 Å². The number of hydrogen-bond acceptors (Lipinski definition) is 5. The van der Waals surface area contributed by atoms with Crippen LogP contribution in [0.4, 0.5) is 5.69 Å². The standard InChI is InChI=1S/C34H49NO4/c1-6-21-8-7-20(12-26(21)35-18-19(2)36)11-23-17-33-16-22(23)9-10-25(33)13-24-15-31(3)32(33,4)29(24)30-27(37)14-28(39-5)34(30,31)38/h7-8,12,14,19,22-25,28-30,35-38H,6,9-11,13,15-18H2,1-5H3/t19-,22+,23+,24-,25+,28-,29-,30-,31-,32-,33+,34+/m0/s1. The number of benzene rings is 1. The van der Waals surface area contributed by atoms with Crippen LogP contribution in [0.1, 0.15) is 77.3 Å². The third-order valence-electron chi connectivity index (χ3n) is 13.9. The molecule has 1 spiro atoms. The Morgan fingerprint density at radius 3 is 2.64 bits per heavy atom. The summed E-state index contributed by atoms with van der Waals surface area (Å²) in [7, 11) is 1.69. The first-order chi connectivity index (χ1) is 18.5. The van der Waals surface area contributed by atoms with E-state index in [0.717, 1.165) is 31.1 Å². The maximum atomic E-state index is 12.5. The minimum Gasteiger partial charge on any atom is -0.512 e. The molecule has 5 nitrogen and oxygen atoms in total. The van der Waals surface area contributed by atoms with E-state index < -0.39 is 11.7 Å². The van der Waals surface area contributed by atoms with E-state index in [1.807, 2.05) is 13.0 Å². The number of fused-ring (bicyclic) bond motifs is 3. The Bertz CT molecular complexity index is 1200. The summed E-state index contributed by atoms with van der Waals surface area (Å²) < 4.78 is 5.88. The van der Waals surface area contributed by atoms with Crippen LogP contribution in [0.2, 0.25) is 0 Å². The van der Waals surface area contributed by atoms with Crippen LogP contribution in [0.3, 0.4) is 0 Å². The van der Waals surface area contributed by atoms with Crippen LogP contribution in [-0.2, 0) is 17.6 Å². The predicted molar refractivity (Wildman–Crippen MR) is 153 cm³/mol. The molecule has 0 aromatic heterocycles. The third-order valence-corrected chi connectivity index (χ3v) is 13.9. The molecule has 0 amide bonds. The molecule has 1 aromatic carbocycles. The fourth-order valence-corrected chi connectivity index (χ4v) is 12.4. The van der Waals surface area contributed by atoms with Crippen LogP contribution in [0.15, 0.2) is 30.0 Å². The van der Waals surface area contributed by atoms with E-state index in [1.54, 1.807) is 7.11 Å². The van der Waals surface area contributed by atoms with E-state index in [4.69, 9.17) is 4.74 Å². The largest absolute Gasteiger partial charge is 0.512 e. The highest BCUT2D eigenvalue weighted by Crippen LogP contribution is 2.88. The Labute approximate surface area is 234 Å². The summed E-state index contributed by atoms with van der Waals surface area (Å²) in [5.74, 6) is 3.24. The quantitative estimate of drug-likeness (QED) is 0.350. The van der Waals surface area contributed by atoms with Crippen molar-refractivity contribution >= 4 is 5.69 Å². The topological polar surface area (TPSA) is 82.0 Å². The molecule has 39 heavy (non-hydrogen) atoms. The predicted octanol–water partition coefficient (Wildman–Crippen LogP) is 5.89. The molecule has 6 aliphatic rings. The first kappa shape index (κ1) is 26.3. The van der Waals surface area contributed by atoms with Crippen LogP contribution >= 0.6 is 0 Å². The summed E-state index contributed by atoms with van der Waals surface area (Å²) in [5.41, 5.74) is 2.82. The highest BCUT2D eigenvalue weighted by Gasteiger charge is 2.87. The second-order valence-electron chi connectivity index (χ2n) is 14.9. The fraction of sp³-hybridized carbons (Fsp3) is 0.765. The van der Waals surface area contributed by atoms with Crippen LogP contribution in [0.5, 0.6) is 0 Å². The summed E-state index contributed by atoms with van der Waals surface area (Å²) in [5, 5.41) is 37.1. The third kappa shape index (κ3) is 3.03. The van der Waals surface area contributed by atoms with Crippen molar-refractivity contribution in [2.24, 2.45) is 51.8 Å². The molecule has 0 radical (unpaired) electrons. The highest BCUT2D eigenvalue weighted by molar-refractivity contribution is 5.53. The van der Waals surface area contributed by atoms with Gasteiger partial charge in [0.2, 0.25) is 0 Å². The van der Waals surface area contributed by atoms with E-state index >= 15 is 0 Å². The van der Waals surface area contributed by atoms with E-state index in [0.29, 0.717) is 30.1 Å². The normalized spacial score (nSPS) is 49.5. The van der Waals surface area contributed by atoms with Crippen molar-refractivity contribution in [3.8, 4) is 0 Å². The first-order valence-electron chi connectivity index (χ1n) is 15.7. The molecule has 5 saturated carbocycles. The molecule has 6 aliphatic carbocycles. The zero-order valence-corrected chi connectivity index (χ0v) is 24.5. The number of aliphatic hydroxyl groups excluding tert-OH is 2. The number of hydrogen-bond donors (Lipinski definition) is 4. The summed E-state index contributed by atoms with van der Waals surface area (Å²) >= 11 is 0. The lowest BCUT2D eigenvalue weighted by molar-refractivity contribution is -0.187. The maximum absolute atomic E-state index is 12.5. The second kappa shape index (κ2) is 8.49. The van der Waals surface area contributed by atoms with E-state index in [1.165, 1.54) is 48.9 Å². The van der Waals surface area contributed by atoms with Gasteiger partial charge in [-0.2, -0.15) is 0 Å². The minimum atomic E-state index is -1.02. The van der Waals surface area contributed by atoms with Crippen molar-refractivity contribution in [2.75, 3.05) is 19.0 Å². The summed E-state index contributed by atoms with van der Waals surface area (Å²) in [6.07, 6.45) is 10.6. The van der Waals surface area contributed by atoms with Crippen LogP contribution in [0.25, 0.3) is 0 Å². The molecule has 1 aromatic rings. The lowest BCUT2D eigenvalue weighted by atomic mass is 9.43. The van der Waals surface area contributed by atoms with Crippen LogP contribution < -0.4 is 5.32 Å². The fourth-order valence-electron chi connectivity index (χ4n) is 12.4. The second-order valence-corrected chi connectivity index (χ2v) is 14.9. The number of anilines is 1. The number of aliphatic hydroxyl groups is 3. The summed E-state index contributed by atoms with van der Waals surface area (Å²) in [6.45, 7) is 9.51. The van der Waals surface area contributed by atoms with Gasteiger partial charge in [0.25, 0.3) is 0 Å². The first-order valence-corrected chi connectivity index (χ1v) is 15.7. The van der Waals surface area contributed by atoms with Gasteiger partial charge in [-0.3, -0.25) is 0 Å². The van der Waals surface area contributed by atoms with Crippen molar-refractivity contribution in [1.29, 1.82) is 0 Å². The molecule has 4 N–H and O–H groups in total. The summed E-state index contributed by atoms with van der Waals surface area (Å²) in [6, 6.07) is 6.96. The summed E-state index contributed by atoms with van der Waals surface area (Å²) in [4.78, 5) is 0. The van der Waals surface area contributed by atoms with Gasteiger partial charge < -0.3 is 25.4 Å².